The number of pyridine rings is 1. The van der Waals surface area contributed by atoms with E-state index in [0.29, 0.717) is 11.6 Å². The van der Waals surface area contributed by atoms with Crippen LogP contribution in [0.15, 0.2) is 59.6 Å². The Hall–Kier alpha value is -3.15. The molecule has 0 saturated heterocycles. The van der Waals surface area contributed by atoms with E-state index in [1.165, 1.54) is 6.26 Å². The minimum absolute atomic E-state index is 0.229. The molecular weight excluding hydrogens is 330 g/mol. The van der Waals surface area contributed by atoms with E-state index in [2.05, 4.69) is 15.3 Å². The van der Waals surface area contributed by atoms with Gasteiger partial charge in [-0.2, -0.15) is 0 Å². The van der Waals surface area contributed by atoms with E-state index in [1.54, 1.807) is 24.7 Å². The van der Waals surface area contributed by atoms with Crippen LogP contribution >= 0.6 is 0 Å². The summed E-state index contributed by atoms with van der Waals surface area (Å²) in [6, 6.07) is 9.56. The molecule has 0 radical (unpaired) electrons. The fourth-order valence-corrected chi connectivity index (χ4v) is 3.19. The molecule has 1 N–H and O–H groups in total. The lowest BCUT2D eigenvalue weighted by Gasteiger charge is -2.12. The number of nitrogens with one attached hydrogen (secondary N) is 1. The Morgan fingerprint density at radius 1 is 1.12 bits per heavy atom. The number of carbonyl (C=O) groups is 1. The van der Waals surface area contributed by atoms with Gasteiger partial charge in [0.15, 0.2) is 0 Å². The number of nitrogens with zero attached hydrogens (tertiary/aromatic N) is 2. The normalized spacial score (nSPS) is 14.3. The molecule has 1 fully saturated rings. The Labute approximate surface area is 151 Å². The third-order valence-electron chi connectivity index (χ3n) is 4.47. The molecule has 3 aromatic rings. The molecule has 1 aliphatic carbocycles. The third kappa shape index (κ3) is 3.74. The summed E-state index contributed by atoms with van der Waals surface area (Å²) in [5.41, 5.74) is 2.58. The zero-order chi connectivity index (χ0) is 17.8. The number of carbonyl (C=O) groups excluding carboxylic acids is 1. The first-order chi connectivity index (χ1) is 12.8. The maximum absolute atomic E-state index is 12.1. The van der Waals surface area contributed by atoms with Gasteiger partial charge in [-0.25, -0.2) is 9.78 Å². The van der Waals surface area contributed by atoms with Gasteiger partial charge in [0, 0.05) is 24.0 Å². The summed E-state index contributed by atoms with van der Waals surface area (Å²) in [6.45, 7) is 0. The summed E-state index contributed by atoms with van der Waals surface area (Å²) in [5, 5.41) is 2.92. The van der Waals surface area contributed by atoms with Crippen molar-refractivity contribution in [2.45, 2.75) is 31.7 Å². The maximum Gasteiger partial charge on any atom is 0.412 e. The number of ether oxygens (including phenoxy) is 1. The van der Waals surface area contributed by atoms with Crippen molar-refractivity contribution in [3.8, 4) is 28.3 Å². The summed E-state index contributed by atoms with van der Waals surface area (Å²) in [5.74, 6) is 1.02. The van der Waals surface area contributed by atoms with Crippen LogP contribution in [0.5, 0.6) is 5.75 Å². The van der Waals surface area contributed by atoms with Gasteiger partial charge in [0.25, 0.3) is 0 Å². The molecular formula is C20H19N3O3. The van der Waals surface area contributed by atoms with Crippen LogP contribution in [0.2, 0.25) is 0 Å². The first kappa shape index (κ1) is 16.3. The van der Waals surface area contributed by atoms with Gasteiger partial charge in [-0.3, -0.25) is 4.98 Å². The van der Waals surface area contributed by atoms with Gasteiger partial charge in [0.2, 0.25) is 5.89 Å². The Kier molecular flexibility index (Phi) is 4.64. The summed E-state index contributed by atoms with van der Waals surface area (Å²) in [4.78, 5) is 20.5. The van der Waals surface area contributed by atoms with Gasteiger partial charge in [-0.15, -0.1) is 0 Å². The fraction of sp³-hybridized carbons (Fsp3) is 0.250. The first-order valence-electron chi connectivity index (χ1n) is 8.71. The van der Waals surface area contributed by atoms with E-state index in [4.69, 9.17) is 9.15 Å². The zero-order valence-corrected chi connectivity index (χ0v) is 14.2. The molecule has 1 saturated carbocycles. The molecule has 1 aliphatic rings. The summed E-state index contributed by atoms with van der Waals surface area (Å²) in [6.07, 6.45) is 10.5. The van der Waals surface area contributed by atoms with Crippen molar-refractivity contribution >= 4 is 6.09 Å². The van der Waals surface area contributed by atoms with Crippen molar-refractivity contribution in [2.24, 2.45) is 0 Å². The first-order valence-corrected chi connectivity index (χ1v) is 8.71. The molecule has 0 unspecified atom stereocenters. The van der Waals surface area contributed by atoms with E-state index in [-0.39, 0.29) is 6.04 Å². The van der Waals surface area contributed by atoms with Gasteiger partial charge < -0.3 is 14.5 Å². The van der Waals surface area contributed by atoms with Crippen LogP contribution in [0.25, 0.3) is 22.6 Å². The number of hydrogen-bond donors (Lipinski definition) is 1. The number of aromatic nitrogens is 2. The molecule has 26 heavy (non-hydrogen) atoms. The quantitative estimate of drug-likeness (QED) is 0.754. The van der Waals surface area contributed by atoms with Crippen LogP contribution < -0.4 is 10.1 Å². The number of rotatable bonds is 4. The Bertz CT molecular complexity index is 887. The van der Waals surface area contributed by atoms with E-state index < -0.39 is 6.09 Å². The molecule has 0 atom stereocenters. The summed E-state index contributed by atoms with van der Waals surface area (Å²) in [7, 11) is 0. The third-order valence-corrected chi connectivity index (χ3v) is 4.47. The highest BCUT2D eigenvalue weighted by Crippen LogP contribution is 2.27. The van der Waals surface area contributed by atoms with Gasteiger partial charge in [0.05, 0.1) is 11.8 Å². The molecule has 6 heteroatoms. The molecule has 2 aromatic heterocycles. The van der Waals surface area contributed by atoms with E-state index in [0.717, 1.165) is 42.4 Å². The summed E-state index contributed by atoms with van der Waals surface area (Å²) < 4.78 is 10.8. The van der Waals surface area contributed by atoms with Crippen molar-refractivity contribution in [1.29, 1.82) is 0 Å². The maximum atomic E-state index is 12.1. The van der Waals surface area contributed by atoms with Crippen LogP contribution in [0.4, 0.5) is 4.79 Å². The van der Waals surface area contributed by atoms with Crippen LogP contribution in [-0.4, -0.2) is 22.1 Å². The monoisotopic (exact) mass is 349 g/mol. The van der Waals surface area contributed by atoms with Crippen molar-refractivity contribution < 1.29 is 13.9 Å². The molecule has 0 aliphatic heterocycles. The molecule has 4 rings (SSSR count). The van der Waals surface area contributed by atoms with Crippen LogP contribution in [0.1, 0.15) is 25.7 Å². The molecule has 1 amide bonds. The SMILES string of the molecule is O=C(NC1CCCC1)Oc1cccc(-c2cncc(-c3ncco3)c2)c1. The highest BCUT2D eigenvalue weighted by Gasteiger charge is 2.18. The van der Waals surface area contributed by atoms with Crippen molar-refractivity contribution in [3.05, 3.63) is 55.2 Å². The minimum Gasteiger partial charge on any atom is -0.444 e. The van der Waals surface area contributed by atoms with Gasteiger partial charge in [-0.1, -0.05) is 25.0 Å². The second kappa shape index (κ2) is 7.39. The van der Waals surface area contributed by atoms with Gasteiger partial charge in [-0.05, 0) is 36.6 Å². The second-order valence-corrected chi connectivity index (χ2v) is 6.34. The van der Waals surface area contributed by atoms with Crippen molar-refractivity contribution in [1.82, 2.24) is 15.3 Å². The van der Waals surface area contributed by atoms with Crippen LogP contribution in [-0.2, 0) is 0 Å². The highest BCUT2D eigenvalue weighted by atomic mass is 16.6. The smallest absolute Gasteiger partial charge is 0.412 e. The molecule has 132 valence electrons. The molecule has 6 nitrogen and oxygen atoms in total. The van der Waals surface area contributed by atoms with E-state index >= 15 is 0 Å². The average molecular weight is 349 g/mol. The minimum atomic E-state index is -0.402. The second-order valence-electron chi connectivity index (χ2n) is 6.34. The molecule has 0 bridgehead atoms. The topological polar surface area (TPSA) is 77.2 Å². The Morgan fingerprint density at radius 3 is 2.77 bits per heavy atom. The Balaban J connectivity index is 1.50. The predicted molar refractivity (Wildman–Crippen MR) is 96.6 cm³/mol. The highest BCUT2D eigenvalue weighted by molar-refractivity contribution is 5.73. The standard InChI is InChI=1S/C20H19N3O3/c24-20(23-17-5-1-2-6-17)26-18-7-3-4-14(11-18)15-10-16(13-21-12-15)19-22-8-9-25-19/h3-4,7-13,17H,1-2,5-6H2,(H,23,24). The van der Waals surface area contributed by atoms with E-state index in [9.17, 15) is 4.79 Å². The fourth-order valence-electron chi connectivity index (χ4n) is 3.19. The zero-order valence-electron chi connectivity index (χ0n) is 14.2. The predicted octanol–water partition coefficient (Wildman–Crippen LogP) is 4.43. The van der Waals surface area contributed by atoms with Crippen LogP contribution in [0.3, 0.4) is 0 Å². The Morgan fingerprint density at radius 2 is 1.96 bits per heavy atom. The largest absolute Gasteiger partial charge is 0.444 e. The van der Waals surface area contributed by atoms with Crippen molar-refractivity contribution in [2.75, 3.05) is 0 Å². The van der Waals surface area contributed by atoms with E-state index in [1.807, 2.05) is 24.3 Å². The summed E-state index contributed by atoms with van der Waals surface area (Å²) >= 11 is 0. The lowest BCUT2D eigenvalue weighted by atomic mass is 10.1. The molecule has 0 spiro atoms. The van der Waals surface area contributed by atoms with Crippen LogP contribution in [0, 0.1) is 0 Å². The molecule has 1 aromatic carbocycles. The van der Waals surface area contributed by atoms with Gasteiger partial charge in [0.1, 0.15) is 12.0 Å². The lowest BCUT2D eigenvalue weighted by Crippen LogP contribution is -2.34. The lowest BCUT2D eigenvalue weighted by molar-refractivity contribution is 0.196. The van der Waals surface area contributed by atoms with Crippen molar-refractivity contribution in [3.63, 3.8) is 0 Å². The van der Waals surface area contributed by atoms with Gasteiger partial charge >= 0.3 is 6.09 Å². The number of benzene rings is 1. The number of oxazole rings is 1. The number of hydrogen-bond acceptors (Lipinski definition) is 5. The molecule has 2 heterocycles. The average Bonchev–Trinajstić information content (AvgIpc) is 3.36. The number of amides is 1.